The first-order valence-electron chi connectivity index (χ1n) is 6.67. The molecule has 0 radical (unpaired) electrons. The third-order valence-electron chi connectivity index (χ3n) is 3.53. The first kappa shape index (κ1) is 13.1. The maximum absolute atomic E-state index is 12.2. The molecule has 0 saturated carbocycles. The molecule has 1 aliphatic heterocycles. The predicted octanol–water partition coefficient (Wildman–Crippen LogP) is 1.31. The van der Waals surface area contributed by atoms with Gasteiger partial charge in [-0.1, -0.05) is 6.92 Å². The van der Waals surface area contributed by atoms with E-state index in [2.05, 4.69) is 22.7 Å². The number of rotatable bonds is 3. The number of hydrogen-bond donors (Lipinski definition) is 2. The van der Waals surface area contributed by atoms with Gasteiger partial charge in [0, 0.05) is 25.8 Å². The molecule has 2 atom stereocenters. The van der Waals surface area contributed by atoms with Crippen LogP contribution in [0.15, 0.2) is 6.20 Å². The van der Waals surface area contributed by atoms with Crippen molar-refractivity contribution in [2.24, 2.45) is 13.0 Å². The summed E-state index contributed by atoms with van der Waals surface area (Å²) in [5.41, 5.74) is 1.80. The molecular weight excluding hydrogens is 228 g/mol. The zero-order valence-electron chi connectivity index (χ0n) is 11.4. The summed E-state index contributed by atoms with van der Waals surface area (Å²) >= 11 is 0. The van der Waals surface area contributed by atoms with Crippen LogP contribution in [0.4, 0.5) is 5.69 Å². The maximum Gasteiger partial charge on any atom is 0.228 e. The van der Waals surface area contributed by atoms with Crippen molar-refractivity contribution in [3.8, 4) is 0 Å². The lowest BCUT2D eigenvalue weighted by molar-refractivity contribution is -0.120. The Hall–Kier alpha value is -1.36. The van der Waals surface area contributed by atoms with Crippen LogP contribution in [0.1, 0.15) is 32.4 Å². The van der Waals surface area contributed by atoms with E-state index >= 15 is 0 Å². The summed E-state index contributed by atoms with van der Waals surface area (Å²) in [6.45, 7) is 4.97. The number of anilines is 1. The Labute approximate surface area is 108 Å². The molecule has 0 bridgehead atoms. The summed E-state index contributed by atoms with van der Waals surface area (Å²) < 4.78 is 1.75. The third-order valence-corrected chi connectivity index (χ3v) is 3.53. The van der Waals surface area contributed by atoms with Crippen LogP contribution in [0, 0.1) is 5.92 Å². The Morgan fingerprint density at radius 1 is 1.61 bits per heavy atom. The summed E-state index contributed by atoms with van der Waals surface area (Å²) in [7, 11) is 1.87. The quantitative estimate of drug-likeness (QED) is 0.850. The van der Waals surface area contributed by atoms with E-state index in [-0.39, 0.29) is 11.8 Å². The van der Waals surface area contributed by atoms with Gasteiger partial charge in [-0.25, -0.2) is 0 Å². The van der Waals surface area contributed by atoms with Gasteiger partial charge in [0.15, 0.2) is 0 Å². The zero-order valence-corrected chi connectivity index (χ0v) is 11.4. The van der Waals surface area contributed by atoms with Gasteiger partial charge < -0.3 is 10.6 Å². The van der Waals surface area contributed by atoms with Crippen LogP contribution in [0.25, 0.3) is 0 Å². The number of nitrogens with one attached hydrogen (secondary N) is 2. The van der Waals surface area contributed by atoms with E-state index in [9.17, 15) is 4.79 Å². The molecule has 18 heavy (non-hydrogen) atoms. The normalized spacial score (nSPS) is 23.9. The first-order valence-corrected chi connectivity index (χ1v) is 6.67. The van der Waals surface area contributed by atoms with Gasteiger partial charge in [0.25, 0.3) is 0 Å². The van der Waals surface area contributed by atoms with Crippen molar-refractivity contribution in [2.75, 3.05) is 11.9 Å². The van der Waals surface area contributed by atoms with Gasteiger partial charge in [-0.2, -0.15) is 5.10 Å². The number of aromatic nitrogens is 2. The van der Waals surface area contributed by atoms with E-state index < -0.39 is 0 Å². The molecule has 1 aromatic heterocycles. The molecule has 1 aromatic rings. The molecule has 1 aliphatic rings. The summed E-state index contributed by atoms with van der Waals surface area (Å²) in [4.78, 5) is 12.2. The molecule has 2 unspecified atom stereocenters. The minimum absolute atomic E-state index is 0.0751. The van der Waals surface area contributed by atoms with Crippen LogP contribution in [0.2, 0.25) is 0 Å². The van der Waals surface area contributed by atoms with Crippen LogP contribution in [0.5, 0.6) is 0 Å². The van der Waals surface area contributed by atoms with Gasteiger partial charge in [0.2, 0.25) is 5.91 Å². The lowest BCUT2D eigenvalue weighted by Gasteiger charge is -2.26. The molecule has 0 aromatic carbocycles. The Morgan fingerprint density at radius 3 is 3.00 bits per heavy atom. The fourth-order valence-corrected chi connectivity index (χ4v) is 2.36. The summed E-state index contributed by atoms with van der Waals surface area (Å²) in [6, 6.07) is 0.527. The fraction of sp³-hybridized carbons (Fsp3) is 0.692. The molecule has 2 N–H and O–H groups in total. The molecule has 1 saturated heterocycles. The number of carbonyl (C=O) groups excluding carboxylic acids is 1. The third kappa shape index (κ3) is 2.90. The van der Waals surface area contributed by atoms with Crippen LogP contribution in [-0.4, -0.2) is 28.3 Å². The summed E-state index contributed by atoms with van der Waals surface area (Å²) in [6.07, 6.45) is 4.72. The second kappa shape index (κ2) is 5.52. The topological polar surface area (TPSA) is 59.0 Å². The van der Waals surface area contributed by atoms with E-state index in [1.54, 1.807) is 4.68 Å². The highest BCUT2D eigenvalue weighted by Crippen LogP contribution is 2.19. The van der Waals surface area contributed by atoms with Gasteiger partial charge in [-0.05, 0) is 26.2 Å². The van der Waals surface area contributed by atoms with Crippen molar-refractivity contribution in [3.05, 3.63) is 11.9 Å². The second-order valence-corrected chi connectivity index (χ2v) is 5.09. The fourth-order valence-electron chi connectivity index (χ4n) is 2.36. The van der Waals surface area contributed by atoms with Gasteiger partial charge >= 0.3 is 0 Å². The number of hydrogen-bond acceptors (Lipinski definition) is 3. The molecule has 0 aliphatic carbocycles. The molecule has 5 nitrogen and oxygen atoms in total. The molecule has 1 fully saturated rings. The molecule has 2 rings (SSSR count). The van der Waals surface area contributed by atoms with Crippen molar-refractivity contribution in [1.82, 2.24) is 15.1 Å². The average molecular weight is 250 g/mol. The van der Waals surface area contributed by atoms with E-state index in [4.69, 9.17) is 0 Å². The number of aryl methyl sites for hydroxylation is 2. The van der Waals surface area contributed by atoms with Crippen LogP contribution < -0.4 is 10.6 Å². The highest BCUT2D eigenvalue weighted by atomic mass is 16.1. The Balaban J connectivity index is 1.98. The highest BCUT2D eigenvalue weighted by Gasteiger charge is 2.24. The monoisotopic (exact) mass is 250 g/mol. The van der Waals surface area contributed by atoms with E-state index in [1.165, 1.54) is 0 Å². The van der Waals surface area contributed by atoms with Gasteiger partial charge in [-0.3, -0.25) is 9.48 Å². The zero-order chi connectivity index (χ0) is 13.1. The Bertz CT molecular complexity index is 419. The van der Waals surface area contributed by atoms with Crippen LogP contribution in [-0.2, 0) is 18.3 Å². The summed E-state index contributed by atoms with van der Waals surface area (Å²) in [5.74, 6) is 0.184. The molecule has 100 valence electrons. The molecule has 1 amide bonds. The van der Waals surface area contributed by atoms with Gasteiger partial charge in [-0.15, -0.1) is 0 Å². The lowest BCUT2D eigenvalue weighted by atomic mass is 9.95. The van der Waals surface area contributed by atoms with Gasteiger partial charge in [0.05, 0.1) is 17.3 Å². The van der Waals surface area contributed by atoms with Crippen molar-refractivity contribution in [2.45, 2.75) is 39.2 Å². The molecule has 2 heterocycles. The second-order valence-electron chi connectivity index (χ2n) is 5.09. The van der Waals surface area contributed by atoms with Gasteiger partial charge in [0.1, 0.15) is 0 Å². The van der Waals surface area contributed by atoms with Crippen LogP contribution >= 0.6 is 0 Å². The SMILES string of the molecule is CCc1nn(C)cc1NC(=O)C1CCC(C)NC1. The highest BCUT2D eigenvalue weighted by molar-refractivity contribution is 5.93. The molecule has 5 heteroatoms. The largest absolute Gasteiger partial charge is 0.323 e. The standard InChI is InChI=1S/C13H22N4O/c1-4-11-12(8-17(3)16-11)15-13(18)10-6-5-9(2)14-7-10/h8-10,14H,4-7H2,1-3H3,(H,15,18). The van der Waals surface area contributed by atoms with Crippen molar-refractivity contribution >= 4 is 11.6 Å². The molecular formula is C13H22N4O. The van der Waals surface area contributed by atoms with E-state index in [1.807, 2.05) is 20.2 Å². The smallest absolute Gasteiger partial charge is 0.228 e. The number of carbonyl (C=O) groups is 1. The maximum atomic E-state index is 12.2. The average Bonchev–Trinajstić information content (AvgIpc) is 2.70. The van der Waals surface area contributed by atoms with Crippen molar-refractivity contribution < 1.29 is 4.79 Å². The predicted molar refractivity (Wildman–Crippen MR) is 71.4 cm³/mol. The van der Waals surface area contributed by atoms with Crippen molar-refractivity contribution in [3.63, 3.8) is 0 Å². The number of amides is 1. The first-order chi connectivity index (χ1) is 8.60. The molecule has 0 spiro atoms. The lowest BCUT2D eigenvalue weighted by Crippen LogP contribution is -2.41. The number of nitrogens with zero attached hydrogens (tertiary/aromatic N) is 2. The number of piperidine rings is 1. The Kier molecular flexibility index (Phi) is 4.01. The Morgan fingerprint density at radius 2 is 2.39 bits per heavy atom. The summed E-state index contributed by atoms with van der Waals surface area (Å²) in [5, 5.41) is 10.7. The van der Waals surface area contributed by atoms with Crippen LogP contribution in [0.3, 0.4) is 0 Å². The minimum Gasteiger partial charge on any atom is -0.323 e. The van der Waals surface area contributed by atoms with Crippen molar-refractivity contribution in [1.29, 1.82) is 0 Å². The minimum atomic E-state index is 0.0751. The van der Waals surface area contributed by atoms with E-state index in [0.29, 0.717) is 6.04 Å². The van der Waals surface area contributed by atoms with E-state index in [0.717, 1.165) is 37.2 Å².